The molecule has 0 saturated carbocycles. The molecule has 1 aromatic heterocycles. The number of amides is 1. The van der Waals surface area contributed by atoms with Crippen LogP contribution in [0.4, 0.5) is 0 Å². The zero-order valence-corrected chi connectivity index (χ0v) is 17.5. The fourth-order valence-electron chi connectivity index (χ4n) is 4.74. The summed E-state index contributed by atoms with van der Waals surface area (Å²) in [6, 6.07) is 17.0. The highest BCUT2D eigenvalue weighted by Crippen LogP contribution is 2.41. The van der Waals surface area contributed by atoms with Crippen molar-refractivity contribution < 1.29 is 9.53 Å². The van der Waals surface area contributed by atoms with E-state index in [1.165, 1.54) is 0 Å². The van der Waals surface area contributed by atoms with Crippen molar-refractivity contribution in [3.05, 3.63) is 76.3 Å². The number of carbonyl (C=O) groups excluding carboxylic acids is 1. The van der Waals surface area contributed by atoms with Crippen LogP contribution in [0.25, 0.3) is 11.3 Å². The number of rotatable bonds is 4. The lowest BCUT2D eigenvalue weighted by molar-refractivity contribution is -0.129. The Morgan fingerprint density at radius 1 is 1.03 bits per heavy atom. The molecule has 0 unspecified atom stereocenters. The summed E-state index contributed by atoms with van der Waals surface area (Å²) in [6.07, 6.45) is 2.01. The number of hydrogen-bond donors (Lipinski definition) is 0. The molecule has 0 aliphatic carbocycles. The molecule has 0 N–H and O–H groups in total. The van der Waals surface area contributed by atoms with Crippen molar-refractivity contribution in [3.8, 4) is 17.0 Å². The Kier molecular flexibility index (Phi) is 4.81. The van der Waals surface area contributed by atoms with Gasteiger partial charge in [-0.1, -0.05) is 30.3 Å². The Morgan fingerprint density at radius 3 is 2.52 bits per heavy atom. The zero-order chi connectivity index (χ0) is 21.4. The molecule has 1 atom stereocenters. The molecule has 1 amide bonds. The summed E-state index contributed by atoms with van der Waals surface area (Å²) >= 11 is 0. The Balaban J connectivity index is 1.38. The molecular formula is C24H24N4O3. The third-order valence-electron chi connectivity index (χ3n) is 6.50. The second-order valence-electron chi connectivity index (χ2n) is 8.32. The molecular weight excluding hydrogens is 392 g/mol. The summed E-state index contributed by atoms with van der Waals surface area (Å²) < 4.78 is 6.94. The van der Waals surface area contributed by atoms with Gasteiger partial charge in [-0.05, 0) is 42.7 Å². The van der Waals surface area contributed by atoms with E-state index in [9.17, 15) is 9.59 Å². The number of nitrogens with zero attached hydrogens (tertiary/aromatic N) is 4. The van der Waals surface area contributed by atoms with Crippen molar-refractivity contribution in [3.63, 3.8) is 0 Å². The van der Waals surface area contributed by atoms with Crippen LogP contribution in [0.3, 0.4) is 0 Å². The summed E-state index contributed by atoms with van der Waals surface area (Å²) in [6.45, 7) is 1.88. The minimum atomic E-state index is -0.281. The number of methoxy groups -OCH3 is 1. The van der Waals surface area contributed by atoms with Gasteiger partial charge in [0.2, 0.25) is 5.91 Å². The lowest BCUT2D eigenvalue weighted by Crippen LogP contribution is -2.36. The van der Waals surface area contributed by atoms with Gasteiger partial charge in [0.25, 0.3) is 5.56 Å². The Hall–Kier alpha value is -3.48. The predicted molar refractivity (Wildman–Crippen MR) is 116 cm³/mol. The maximum absolute atomic E-state index is 13.2. The monoisotopic (exact) mass is 416 g/mol. The molecule has 1 fully saturated rings. The van der Waals surface area contributed by atoms with Crippen LogP contribution < -0.4 is 10.3 Å². The van der Waals surface area contributed by atoms with Crippen molar-refractivity contribution in [1.82, 2.24) is 19.7 Å². The number of carbonyl (C=O) groups is 1. The SMILES string of the molecule is COc1ccc(-c2nnc3n(c2=O)CC[C@]32CCN(C(=O)Cc3ccccc3)C2)cc1. The van der Waals surface area contributed by atoms with Crippen molar-refractivity contribution >= 4 is 5.91 Å². The fraction of sp³-hybridized carbons (Fsp3) is 0.333. The van der Waals surface area contributed by atoms with Crippen LogP contribution in [0.5, 0.6) is 5.75 Å². The molecule has 2 aliphatic heterocycles. The van der Waals surface area contributed by atoms with E-state index in [2.05, 4.69) is 10.2 Å². The van der Waals surface area contributed by atoms with E-state index in [-0.39, 0.29) is 16.9 Å². The van der Waals surface area contributed by atoms with Crippen molar-refractivity contribution in [2.75, 3.05) is 20.2 Å². The minimum Gasteiger partial charge on any atom is -0.497 e. The van der Waals surface area contributed by atoms with Gasteiger partial charge in [-0.25, -0.2) is 0 Å². The number of ether oxygens (including phenoxy) is 1. The van der Waals surface area contributed by atoms with E-state index in [1.54, 1.807) is 11.7 Å². The normalized spacial score (nSPS) is 19.6. The first-order valence-electron chi connectivity index (χ1n) is 10.5. The first kappa shape index (κ1) is 19.5. The first-order chi connectivity index (χ1) is 15.1. The molecule has 3 aromatic rings. The molecule has 7 heteroatoms. The van der Waals surface area contributed by atoms with Gasteiger partial charge in [0.05, 0.1) is 18.9 Å². The molecule has 7 nitrogen and oxygen atoms in total. The highest BCUT2D eigenvalue weighted by atomic mass is 16.5. The highest BCUT2D eigenvalue weighted by molar-refractivity contribution is 5.79. The van der Waals surface area contributed by atoms with Crippen LogP contribution >= 0.6 is 0 Å². The smallest absolute Gasteiger partial charge is 0.280 e. The van der Waals surface area contributed by atoms with Crippen LogP contribution in [0.15, 0.2) is 59.4 Å². The van der Waals surface area contributed by atoms with Crippen LogP contribution in [-0.4, -0.2) is 45.8 Å². The van der Waals surface area contributed by atoms with E-state index < -0.39 is 0 Å². The van der Waals surface area contributed by atoms with Gasteiger partial charge in [0.1, 0.15) is 11.6 Å². The Bertz CT molecular complexity index is 1170. The van der Waals surface area contributed by atoms with Crippen LogP contribution in [-0.2, 0) is 23.2 Å². The molecule has 5 rings (SSSR count). The lowest BCUT2D eigenvalue weighted by Gasteiger charge is -2.23. The Labute approximate surface area is 180 Å². The number of hydrogen-bond acceptors (Lipinski definition) is 5. The number of fused-ring (bicyclic) bond motifs is 2. The molecule has 0 radical (unpaired) electrons. The summed E-state index contributed by atoms with van der Waals surface area (Å²) in [5.41, 5.74) is 1.68. The Morgan fingerprint density at radius 2 is 1.77 bits per heavy atom. The largest absolute Gasteiger partial charge is 0.497 e. The zero-order valence-electron chi connectivity index (χ0n) is 17.5. The molecule has 1 spiro atoms. The molecule has 1 saturated heterocycles. The average molecular weight is 416 g/mol. The third kappa shape index (κ3) is 3.40. The van der Waals surface area contributed by atoms with Gasteiger partial charge in [0, 0.05) is 25.2 Å². The van der Waals surface area contributed by atoms with Crippen molar-refractivity contribution in [2.45, 2.75) is 31.2 Å². The van der Waals surface area contributed by atoms with E-state index in [1.807, 2.05) is 59.5 Å². The van der Waals surface area contributed by atoms with E-state index >= 15 is 0 Å². The van der Waals surface area contributed by atoms with Gasteiger partial charge in [-0.15, -0.1) is 10.2 Å². The molecule has 158 valence electrons. The van der Waals surface area contributed by atoms with Gasteiger partial charge in [0.15, 0.2) is 5.69 Å². The average Bonchev–Trinajstić information content (AvgIpc) is 3.40. The van der Waals surface area contributed by atoms with E-state index in [4.69, 9.17) is 4.74 Å². The topological polar surface area (TPSA) is 77.3 Å². The van der Waals surface area contributed by atoms with Crippen LogP contribution in [0.2, 0.25) is 0 Å². The standard InChI is InChI=1S/C24H24N4O3/c1-31-19-9-7-18(8-10-19)21-22(30)28-14-12-24(23(28)26-25-21)11-13-27(16-24)20(29)15-17-5-3-2-4-6-17/h2-10H,11-16H2,1H3/t24-/m0/s1. The summed E-state index contributed by atoms with van der Waals surface area (Å²) in [5, 5.41) is 8.80. The number of aromatic nitrogens is 3. The fourth-order valence-corrected chi connectivity index (χ4v) is 4.74. The van der Waals surface area contributed by atoms with Gasteiger partial charge in [-0.3, -0.25) is 14.2 Å². The van der Waals surface area contributed by atoms with Crippen molar-refractivity contribution in [1.29, 1.82) is 0 Å². The van der Waals surface area contributed by atoms with E-state index in [0.29, 0.717) is 37.6 Å². The molecule has 3 heterocycles. The maximum Gasteiger partial charge on any atom is 0.280 e. The number of benzene rings is 2. The lowest BCUT2D eigenvalue weighted by atomic mass is 9.85. The number of likely N-dealkylation sites (tertiary alicyclic amines) is 1. The van der Waals surface area contributed by atoms with Gasteiger partial charge >= 0.3 is 0 Å². The molecule has 31 heavy (non-hydrogen) atoms. The summed E-state index contributed by atoms with van der Waals surface area (Å²) in [4.78, 5) is 27.9. The first-order valence-corrected chi connectivity index (χ1v) is 10.5. The second-order valence-corrected chi connectivity index (χ2v) is 8.32. The minimum absolute atomic E-state index is 0.117. The van der Waals surface area contributed by atoms with Crippen molar-refractivity contribution in [2.24, 2.45) is 0 Å². The second kappa shape index (κ2) is 7.65. The third-order valence-corrected chi connectivity index (χ3v) is 6.50. The highest BCUT2D eigenvalue weighted by Gasteiger charge is 2.48. The van der Waals surface area contributed by atoms with E-state index in [0.717, 1.165) is 29.7 Å². The van der Waals surface area contributed by atoms with Crippen LogP contribution in [0.1, 0.15) is 24.2 Å². The predicted octanol–water partition coefficient (Wildman–Crippen LogP) is 2.43. The molecule has 0 bridgehead atoms. The quantitative estimate of drug-likeness (QED) is 0.653. The maximum atomic E-state index is 13.2. The van der Waals surface area contributed by atoms with Gasteiger partial charge in [-0.2, -0.15) is 0 Å². The molecule has 2 aliphatic rings. The summed E-state index contributed by atoms with van der Waals surface area (Å²) in [5.74, 6) is 1.56. The summed E-state index contributed by atoms with van der Waals surface area (Å²) in [7, 11) is 1.61. The van der Waals surface area contributed by atoms with Crippen LogP contribution in [0, 0.1) is 0 Å². The van der Waals surface area contributed by atoms with Gasteiger partial charge < -0.3 is 9.64 Å². The molecule has 2 aromatic carbocycles.